The van der Waals surface area contributed by atoms with Gasteiger partial charge in [-0.05, 0) is 41.8 Å². The first-order valence-corrected chi connectivity index (χ1v) is 12.6. The maximum absolute atomic E-state index is 13.1. The van der Waals surface area contributed by atoms with Gasteiger partial charge in [0, 0.05) is 37.8 Å². The SMILES string of the molecule is Cc1cc(-c2cccc(C(F)(F)F)c2)ccc1C(=O)N1CC(N2CC(N3Cc4scnc4C3=O)C2)C1. The molecule has 2 aromatic carbocycles. The highest BCUT2D eigenvalue weighted by Crippen LogP contribution is 2.34. The number of carbonyl (C=O) groups excluding carboxylic acids is 2. The summed E-state index contributed by atoms with van der Waals surface area (Å²) in [6, 6.07) is 10.8. The van der Waals surface area contributed by atoms with Crippen LogP contribution in [-0.4, -0.2) is 69.8 Å². The summed E-state index contributed by atoms with van der Waals surface area (Å²) < 4.78 is 39.2. The molecule has 4 heterocycles. The van der Waals surface area contributed by atoms with Crippen molar-refractivity contribution in [2.24, 2.45) is 0 Å². The van der Waals surface area contributed by atoms with Gasteiger partial charge in [0.25, 0.3) is 11.8 Å². The van der Waals surface area contributed by atoms with Crippen LogP contribution in [0.3, 0.4) is 0 Å². The Kier molecular flexibility index (Phi) is 5.42. The Bertz CT molecular complexity index is 1360. The third kappa shape index (κ3) is 3.88. The van der Waals surface area contributed by atoms with E-state index in [2.05, 4.69) is 9.88 Å². The van der Waals surface area contributed by atoms with E-state index < -0.39 is 11.7 Å². The van der Waals surface area contributed by atoms with Crippen LogP contribution in [0, 0.1) is 6.92 Å². The van der Waals surface area contributed by atoms with E-state index in [1.807, 2.05) is 11.8 Å². The van der Waals surface area contributed by atoms with Crippen molar-refractivity contribution in [3.8, 4) is 11.1 Å². The van der Waals surface area contributed by atoms with Crippen LogP contribution in [0.1, 0.15) is 36.9 Å². The van der Waals surface area contributed by atoms with E-state index in [0.29, 0.717) is 42.0 Å². The summed E-state index contributed by atoms with van der Waals surface area (Å²) >= 11 is 1.52. The van der Waals surface area contributed by atoms with Gasteiger partial charge in [-0.25, -0.2) is 4.98 Å². The third-order valence-electron chi connectivity index (χ3n) is 7.40. The number of benzene rings is 2. The van der Waals surface area contributed by atoms with Crippen molar-refractivity contribution in [1.82, 2.24) is 19.7 Å². The minimum atomic E-state index is -4.40. The highest BCUT2D eigenvalue weighted by molar-refractivity contribution is 7.10. The van der Waals surface area contributed by atoms with Crippen LogP contribution in [0.5, 0.6) is 0 Å². The van der Waals surface area contributed by atoms with Gasteiger partial charge in [-0.2, -0.15) is 13.2 Å². The molecule has 36 heavy (non-hydrogen) atoms. The zero-order valence-electron chi connectivity index (χ0n) is 19.5. The molecule has 6 rings (SSSR count). The van der Waals surface area contributed by atoms with Crippen LogP contribution in [0.15, 0.2) is 48.0 Å². The maximum atomic E-state index is 13.1. The number of halogens is 3. The largest absolute Gasteiger partial charge is 0.416 e. The van der Waals surface area contributed by atoms with Gasteiger partial charge in [0.2, 0.25) is 0 Å². The van der Waals surface area contributed by atoms with Gasteiger partial charge in [-0.1, -0.05) is 24.3 Å². The van der Waals surface area contributed by atoms with Gasteiger partial charge < -0.3 is 9.80 Å². The Hall–Kier alpha value is -3.24. The average Bonchev–Trinajstić information content (AvgIpc) is 3.36. The zero-order valence-corrected chi connectivity index (χ0v) is 20.3. The quantitative estimate of drug-likeness (QED) is 0.523. The average molecular weight is 513 g/mol. The lowest BCUT2D eigenvalue weighted by Crippen LogP contribution is -2.70. The van der Waals surface area contributed by atoms with E-state index in [4.69, 9.17) is 0 Å². The number of nitrogens with zero attached hydrogens (tertiary/aromatic N) is 4. The summed E-state index contributed by atoms with van der Waals surface area (Å²) in [4.78, 5) is 36.8. The molecule has 3 aliphatic rings. The normalized spacial score (nSPS) is 18.8. The van der Waals surface area contributed by atoms with Gasteiger partial charge in [0.1, 0.15) is 5.69 Å². The monoisotopic (exact) mass is 512 g/mol. The standard InChI is InChI=1S/C26H23F3N4O2S/c1-15-7-17(16-3-2-4-18(8-16)26(27,28)29)5-6-21(15)24(34)32-9-19(10-32)31-11-20(12-31)33-13-22-23(25(33)35)30-14-36-22/h2-8,14,19-20H,9-13H2,1H3. The molecule has 0 spiro atoms. The first-order valence-electron chi connectivity index (χ1n) is 11.7. The van der Waals surface area contributed by atoms with Gasteiger partial charge in [-0.3, -0.25) is 14.5 Å². The first kappa shape index (κ1) is 23.2. The second-order valence-corrected chi connectivity index (χ2v) is 10.6. The summed E-state index contributed by atoms with van der Waals surface area (Å²) in [5.74, 6) is -0.0491. The highest BCUT2D eigenvalue weighted by Gasteiger charge is 2.45. The smallest absolute Gasteiger partial charge is 0.335 e. The molecular weight excluding hydrogens is 489 g/mol. The van der Waals surface area contributed by atoms with Crippen LogP contribution >= 0.6 is 11.3 Å². The molecule has 10 heteroatoms. The van der Waals surface area contributed by atoms with Crippen molar-refractivity contribution < 1.29 is 22.8 Å². The molecule has 3 aliphatic heterocycles. The lowest BCUT2D eigenvalue weighted by molar-refractivity contribution is -0.137. The first-order chi connectivity index (χ1) is 17.2. The minimum absolute atomic E-state index is 0.0189. The molecule has 186 valence electrons. The van der Waals surface area contributed by atoms with Gasteiger partial charge in [0.05, 0.1) is 28.5 Å². The second-order valence-electron chi connectivity index (χ2n) is 9.64. The summed E-state index contributed by atoms with van der Waals surface area (Å²) in [6.07, 6.45) is -4.40. The number of thiazole rings is 1. The van der Waals surface area contributed by atoms with Gasteiger partial charge in [-0.15, -0.1) is 11.3 Å². The van der Waals surface area contributed by atoms with Crippen molar-refractivity contribution in [1.29, 1.82) is 0 Å². The summed E-state index contributed by atoms with van der Waals surface area (Å²) in [6.45, 7) is 5.31. The van der Waals surface area contributed by atoms with E-state index in [1.165, 1.54) is 17.4 Å². The van der Waals surface area contributed by atoms with Crippen LogP contribution in [0.25, 0.3) is 11.1 Å². The Balaban J connectivity index is 1.05. The number of amides is 2. The minimum Gasteiger partial charge on any atom is -0.335 e. The summed E-state index contributed by atoms with van der Waals surface area (Å²) in [5.41, 5.74) is 4.01. The highest BCUT2D eigenvalue weighted by atomic mass is 32.1. The maximum Gasteiger partial charge on any atom is 0.416 e. The number of carbonyl (C=O) groups is 2. The molecule has 0 atom stereocenters. The Morgan fingerprint density at radius 3 is 2.47 bits per heavy atom. The molecule has 2 fully saturated rings. The van der Waals surface area contributed by atoms with E-state index in [0.717, 1.165) is 35.7 Å². The molecule has 2 amide bonds. The van der Waals surface area contributed by atoms with E-state index >= 15 is 0 Å². The number of alkyl halides is 3. The molecule has 0 bridgehead atoms. The number of hydrogen-bond donors (Lipinski definition) is 0. The van der Waals surface area contributed by atoms with E-state index in [1.54, 1.807) is 34.7 Å². The van der Waals surface area contributed by atoms with Crippen LogP contribution in [0.4, 0.5) is 13.2 Å². The molecule has 0 saturated carbocycles. The number of likely N-dealkylation sites (tertiary alicyclic amines) is 2. The van der Waals surface area contributed by atoms with Gasteiger partial charge >= 0.3 is 6.18 Å². The fourth-order valence-electron chi connectivity index (χ4n) is 5.18. The topological polar surface area (TPSA) is 56.8 Å². The zero-order chi connectivity index (χ0) is 25.2. The number of aromatic nitrogens is 1. The summed E-state index contributed by atoms with van der Waals surface area (Å²) in [7, 11) is 0. The molecule has 1 aromatic heterocycles. The van der Waals surface area contributed by atoms with Gasteiger partial charge in [0.15, 0.2) is 0 Å². The van der Waals surface area contributed by atoms with Crippen molar-refractivity contribution in [3.05, 3.63) is 75.2 Å². The molecule has 0 unspecified atom stereocenters. The molecule has 3 aromatic rings. The molecule has 6 nitrogen and oxygen atoms in total. The van der Waals surface area contributed by atoms with Crippen LogP contribution in [-0.2, 0) is 12.7 Å². The molecule has 0 aliphatic carbocycles. The third-order valence-corrected chi connectivity index (χ3v) is 8.21. The number of rotatable bonds is 4. The van der Waals surface area contributed by atoms with Crippen molar-refractivity contribution in [2.75, 3.05) is 26.2 Å². The fourth-order valence-corrected chi connectivity index (χ4v) is 5.93. The Morgan fingerprint density at radius 1 is 1.03 bits per heavy atom. The van der Waals surface area contributed by atoms with Crippen LogP contribution in [0.2, 0.25) is 0 Å². The molecular formula is C26H23F3N4O2S. The lowest BCUT2D eigenvalue weighted by atomic mass is 9.95. The summed E-state index contributed by atoms with van der Waals surface area (Å²) in [5, 5.41) is 0. The predicted octanol–water partition coefficient (Wildman–Crippen LogP) is 4.30. The van der Waals surface area contributed by atoms with E-state index in [9.17, 15) is 22.8 Å². The number of hydrogen-bond acceptors (Lipinski definition) is 5. The predicted molar refractivity (Wildman–Crippen MR) is 129 cm³/mol. The lowest BCUT2D eigenvalue weighted by Gasteiger charge is -2.53. The molecule has 0 N–H and O–H groups in total. The van der Waals surface area contributed by atoms with Crippen molar-refractivity contribution in [2.45, 2.75) is 31.7 Å². The molecule has 2 saturated heterocycles. The fraction of sp³-hybridized carbons (Fsp3) is 0.346. The van der Waals surface area contributed by atoms with Crippen molar-refractivity contribution >= 4 is 23.2 Å². The molecule has 0 radical (unpaired) electrons. The number of fused-ring (bicyclic) bond motifs is 1. The van der Waals surface area contributed by atoms with Crippen LogP contribution < -0.4 is 0 Å². The second kappa shape index (κ2) is 8.41. The Labute approximate surface area is 210 Å². The van der Waals surface area contributed by atoms with Crippen molar-refractivity contribution in [3.63, 3.8) is 0 Å². The number of aryl methyl sites for hydroxylation is 1. The Morgan fingerprint density at radius 2 is 1.78 bits per heavy atom. The van der Waals surface area contributed by atoms with E-state index in [-0.39, 0.29) is 23.9 Å².